The Labute approximate surface area is 112 Å². The highest BCUT2D eigenvalue weighted by molar-refractivity contribution is 5.91. The lowest BCUT2D eigenvalue weighted by Gasteiger charge is -2.01. The van der Waals surface area contributed by atoms with Gasteiger partial charge in [-0.05, 0) is 13.8 Å². The number of imidazole rings is 1. The Morgan fingerprint density at radius 1 is 1.37 bits per heavy atom. The summed E-state index contributed by atoms with van der Waals surface area (Å²) in [5, 5.41) is 2.76. The average Bonchev–Trinajstić information content (AvgIpc) is 2.78. The number of carbonyl (C=O) groups is 1. The van der Waals surface area contributed by atoms with Crippen LogP contribution >= 0.6 is 0 Å². The van der Waals surface area contributed by atoms with Crippen molar-refractivity contribution in [3.63, 3.8) is 0 Å². The van der Waals surface area contributed by atoms with Crippen molar-refractivity contribution in [2.45, 2.75) is 20.4 Å². The quantitative estimate of drug-likeness (QED) is 0.825. The normalized spacial score (nSPS) is 10.2. The van der Waals surface area contributed by atoms with Crippen LogP contribution in [-0.2, 0) is 11.3 Å². The second-order valence-corrected chi connectivity index (χ2v) is 4.49. The number of nitrogens with one attached hydrogen (secondary N) is 2. The fourth-order valence-corrected chi connectivity index (χ4v) is 1.80. The molecule has 0 aliphatic carbocycles. The Hall–Kier alpha value is -2.36. The van der Waals surface area contributed by atoms with Gasteiger partial charge in [-0.2, -0.15) is 0 Å². The Balaban J connectivity index is 2.14. The van der Waals surface area contributed by atoms with Crippen molar-refractivity contribution in [2.24, 2.45) is 0 Å². The fourth-order valence-electron chi connectivity index (χ4n) is 1.80. The van der Waals surface area contributed by atoms with Crippen LogP contribution in [-0.4, -0.2) is 15.9 Å². The van der Waals surface area contributed by atoms with Crippen LogP contribution in [0.15, 0.2) is 42.5 Å². The summed E-state index contributed by atoms with van der Waals surface area (Å²) >= 11 is 0. The average molecular weight is 255 g/mol. The minimum absolute atomic E-state index is 0.157. The Morgan fingerprint density at radius 2 is 2.05 bits per heavy atom. The van der Waals surface area contributed by atoms with Crippen LogP contribution in [0.4, 0.5) is 0 Å². The van der Waals surface area contributed by atoms with Crippen molar-refractivity contribution < 1.29 is 4.79 Å². The van der Waals surface area contributed by atoms with E-state index in [1.54, 1.807) is 6.92 Å². The zero-order chi connectivity index (χ0) is 13.8. The van der Waals surface area contributed by atoms with Gasteiger partial charge in [-0.1, -0.05) is 36.9 Å². The molecule has 4 nitrogen and oxygen atoms in total. The minimum Gasteiger partial charge on any atom is -0.345 e. The molecule has 0 bridgehead atoms. The summed E-state index contributed by atoms with van der Waals surface area (Å²) < 4.78 is 0. The van der Waals surface area contributed by atoms with Gasteiger partial charge in [0.25, 0.3) is 0 Å². The number of H-pyrrole nitrogens is 1. The van der Waals surface area contributed by atoms with Gasteiger partial charge in [-0.25, -0.2) is 4.98 Å². The molecule has 0 saturated heterocycles. The Morgan fingerprint density at radius 3 is 2.68 bits per heavy atom. The zero-order valence-corrected chi connectivity index (χ0v) is 11.2. The number of hydrogen-bond donors (Lipinski definition) is 2. The second kappa shape index (κ2) is 5.52. The summed E-state index contributed by atoms with van der Waals surface area (Å²) in [7, 11) is 0. The molecule has 0 aliphatic heterocycles. The lowest BCUT2D eigenvalue weighted by molar-refractivity contribution is -0.117. The molecular weight excluding hydrogens is 238 g/mol. The first-order valence-corrected chi connectivity index (χ1v) is 6.12. The molecule has 1 aromatic carbocycles. The van der Waals surface area contributed by atoms with Crippen molar-refractivity contribution in [3.05, 3.63) is 54.0 Å². The number of benzene rings is 1. The maximum Gasteiger partial charge on any atom is 0.246 e. The first kappa shape index (κ1) is 13.1. The maximum absolute atomic E-state index is 11.4. The van der Waals surface area contributed by atoms with E-state index in [0.717, 1.165) is 22.8 Å². The number of hydrogen-bond acceptors (Lipinski definition) is 2. The Bertz CT molecular complexity index is 599. The van der Waals surface area contributed by atoms with Crippen LogP contribution in [0.5, 0.6) is 0 Å². The summed E-state index contributed by atoms with van der Waals surface area (Å²) in [4.78, 5) is 19.1. The first-order valence-electron chi connectivity index (χ1n) is 6.12. The van der Waals surface area contributed by atoms with Gasteiger partial charge in [0.05, 0.1) is 12.2 Å². The van der Waals surface area contributed by atoms with Gasteiger partial charge in [-0.3, -0.25) is 4.79 Å². The maximum atomic E-state index is 11.4. The SMILES string of the molecule is C=C(C)C(=O)NCc1nc(-c2ccccc2)c(C)[nH]1. The summed E-state index contributed by atoms with van der Waals surface area (Å²) in [5.41, 5.74) is 3.46. The van der Waals surface area contributed by atoms with Crippen molar-refractivity contribution in [2.75, 3.05) is 0 Å². The molecule has 0 radical (unpaired) electrons. The van der Waals surface area contributed by atoms with Gasteiger partial charge in [0.2, 0.25) is 5.91 Å². The summed E-state index contributed by atoms with van der Waals surface area (Å²) in [6.45, 7) is 7.62. The van der Waals surface area contributed by atoms with E-state index in [1.165, 1.54) is 0 Å². The first-order chi connectivity index (χ1) is 9.08. The number of aryl methyl sites for hydroxylation is 1. The van der Waals surface area contributed by atoms with E-state index in [9.17, 15) is 4.79 Å². The lowest BCUT2D eigenvalue weighted by atomic mass is 10.1. The highest BCUT2D eigenvalue weighted by Crippen LogP contribution is 2.20. The largest absolute Gasteiger partial charge is 0.345 e. The number of aromatic nitrogens is 2. The second-order valence-electron chi connectivity index (χ2n) is 4.49. The van der Waals surface area contributed by atoms with E-state index >= 15 is 0 Å². The summed E-state index contributed by atoms with van der Waals surface area (Å²) in [5.74, 6) is 0.585. The zero-order valence-electron chi connectivity index (χ0n) is 11.2. The van der Waals surface area contributed by atoms with E-state index < -0.39 is 0 Å². The van der Waals surface area contributed by atoms with Gasteiger partial charge >= 0.3 is 0 Å². The molecule has 0 unspecified atom stereocenters. The molecular formula is C15H17N3O. The van der Waals surface area contributed by atoms with Crippen LogP contribution in [0.25, 0.3) is 11.3 Å². The molecule has 4 heteroatoms. The third kappa shape index (κ3) is 3.10. The van der Waals surface area contributed by atoms with Crippen LogP contribution in [0.3, 0.4) is 0 Å². The van der Waals surface area contributed by atoms with Crippen molar-refractivity contribution in [3.8, 4) is 11.3 Å². The molecule has 0 spiro atoms. The molecule has 1 amide bonds. The summed E-state index contributed by atoms with van der Waals surface area (Å²) in [6, 6.07) is 9.95. The molecule has 19 heavy (non-hydrogen) atoms. The van der Waals surface area contributed by atoms with Gasteiger partial charge in [0.15, 0.2) is 0 Å². The highest BCUT2D eigenvalue weighted by Gasteiger charge is 2.09. The monoisotopic (exact) mass is 255 g/mol. The van der Waals surface area contributed by atoms with Gasteiger partial charge in [0, 0.05) is 16.8 Å². The molecule has 0 fully saturated rings. The molecule has 2 N–H and O–H groups in total. The Kier molecular flexibility index (Phi) is 3.80. The van der Waals surface area contributed by atoms with Crippen LogP contribution < -0.4 is 5.32 Å². The van der Waals surface area contributed by atoms with Crippen LogP contribution in [0, 0.1) is 6.92 Å². The molecule has 0 saturated carbocycles. The molecule has 0 aliphatic rings. The minimum atomic E-state index is -0.157. The van der Waals surface area contributed by atoms with Crippen molar-refractivity contribution in [1.29, 1.82) is 0 Å². The summed E-state index contributed by atoms with van der Waals surface area (Å²) in [6.07, 6.45) is 0. The highest BCUT2D eigenvalue weighted by atomic mass is 16.1. The van der Waals surface area contributed by atoms with Gasteiger partial charge in [-0.15, -0.1) is 0 Å². The van der Waals surface area contributed by atoms with E-state index in [4.69, 9.17) is 0 Å². The molecule has 0 atom stereocenters. The molecule has 98 valence electrons. The van der Waals surface area contributed by atoms with Crippen LogP contribution in [0.2, 0.25) is 0 Å². The number of aromatic amines is 1. The van der Waals surface area contributed by atoms with Crippen LogP contribution in [0.1, 0.15) is 18.4 Å². The lowest BCUT2D eigenvalue weighted by Crippen LogP contribution is -2.23. The number of nitrogens with zero attached hydrogens (tertiary/aromatic N) is 1. The van der Waals surface area contributed by atoms with E-state index in [2.05, 4.69) is 21.9 Å². The standard InChI is InChI=1S/C15H17N3O/c1-10(2)15(19)16-9-13-17-11(3)14(18-13)12-7-5-4-6-8-12/h4-8H,1,9H2,2-3H3,(H,16,19)(H,17,18). The van der Waals surface area contributed by atoms with E-state index in [0.29, 0.717) is 12.1 Å². The molecule has 2 rings (SSSR count). The predicted molar refractivity (Wildman–Crippen MR) is 75.4 cm³/mol. The fraction of sp³-hybridized carbons (Fsp3) is 0.200. The predicted octanol–water partition coefficient (Wildman–Crippen LogP) is 2.58. The molecule has 1 heterocycles. The van der Waals surface area contributed by atoms with E-state index in [-0.39, 0.29) is 5.91 Å². The number of amides is 1. The third-order valence-electron chi connectivity index (χ3n) is 2.78. The number of rotatable bonds is 4. The van der Waals surface area contributed by atoms with Crippen molar-refractivity contribution >= 4 is 5.91 Å². The van der Waals surface area contributed by atoms with Gasteiger partial charge < -0.3 is 10.3 Å². The molecule has 2 aromatic rings. The number of carbonyl (C=O) groups excluding carboxylic acids is 1. The van der Waals surface area contributed by atoms with Gasteiger partial charge in [0.1, 0.15) is 5.82 Å². The smallest absolute Gasteiger partial charge is 0.246 e. The topological polar surface area (TPSA) is 57.8 Å². The van der Waals surface area contributed by atoms with Crippen molar-refractivity contribution in [1.82, 2.24) is 15.3 Å². The van der Waals surface area contributed by atoms with E-state index in [1.807, 2.05) is 37.3 Å². The molecule has 1 aromatic heterocycles. The third-order valence-corrected chi connectivity index (χ3v) is 2.78.